The zero-order valence-corrected chi connectivity index (χ0v) is 13.3. The molecule has 0 aliphatic heterocycles. The van der Waals surface area contributed by atoms with Crippen LogP contribution in [0.1, 0.15) is 0 Å². The van der Waals surface area contributed by atoms with Crippen molar-refractivity contribution in [3.8, 4) is 17.2 Å². The summed E-state index contributed by atoms with van der Waals surface area (Å²) in [6, 6.07) is 13.4. The largest absolute Gasteiger partial charge is 0.497 e. The first-order chi connectivity index (χ1) is 11.2. The van der Waals surface area contributed by atoms with E-state index in [1.807, 2.05) is 42.5 Å². The number of anilines is 2. The van der Waals surface area contributed by atoms with Crippen LogP contribution in [0.25, 0.3) is 10.9 Å². The summed E-state index contributed by atoms with van der Waals surface area (Å²) in [6.07, 6.45) is 1.76. The minimum Gasteiger partial charge on any atom is -0.497 e. The number of methoxy groups -OCH3 is 3. The first-order valence-corrected chi connectivity index (χ1v) is 7.17. The third kappa shape index (κ3) is 2.99. The fourth-order valence-corrected chi connectivity index (χ4v) is 2.42. The second-order valence-electron chi connectivity index (χ2n) is 4.93. The summed E-state index contributed by atoms with van der Waals surface area (Å²) < 4.78 is 15.9. The van der Waals surface area contributed by atoms with E-state index in [4.69, 9.17) is 14.2 Å². The molecule has 0 amide bonds. The molecule has 3 aromatic rings. The van der Waals surface area contributed by atoms with Crippen molar-refractivity contribution in [2.24, 2.45) is 0 Å². The predicted molar refractivity (Wildman–Crippen MR) is 91.1 cm³/mol. The van der Waals surface area contributed by atoms with Gasteiger partial charge in [-0.1, -0.05) is 0 Å². The predicted octanol–water partition coefficient (Wildman–Crippen LogP) is 4.00. The van der Waals surface area contributed by atoms with Crippen molar-refractivity contribution in [2.75, 3.05) is 26.6 Å². The molecule has 23 heavy (non-hydrogen) atoms. The van der Waals surface area contributed by atoms with E-state index in [2.05, 4.69) is 10.3 Å². The van der Waals surface area contributed by atoms with Crippen molar-refractivity contribution in [3.63, 3.8) is 0 Å². The fraction of sp³-hybridized carbons (Fsp3) is 0.167. The molecular weight excluding hydrogens is 292 g/mol. The van der Waals surface area contributed by atoms with Gasteiger partial charge in [0.1, 0.15) is 17.2 Å². The smallest absolute Gasteiger partial charge is 0.142 e. The minimum atomic E-state index is 0.740. The first kappa shape index (κ1) is 15.0. The van der Waals surface area contributed by atoms with Gasteiger partial charge >= 0.3 is 0 Å². The standard InChI is InChI=1S/C18H18N2O3/c1-21-12-4-6-14-15(8-9-19-16(14)10-12)20-17-11-13(22-2)5-7-18(17)23-3/h4-11H,1-3H3,(H,19,20). The Kier molecular flexibility index (Phi) is 4.19. The van der Waals surface area contributed by atoms with Gasteiger partial charge in [0.2, 0.25) is 0 Å². The van der Waals surface area contributed by atoms with E-state index in [1.54, 1.807) is 27.5 Å². The Balaban J connectivity index is 2.05. The Morgan fingerprint density at radius 3 is 2.26 bits per heavy atom. The van der Waals surface area contributed by atoms with Crippen LogP contribution in [0.3, 0.4) is 0 Å². The third-order valence-corrected chi connectivity index (χ3v) is 3.63. The van der Waals surface area contributed by atoms with E-state index in [-0.39, 0.29) is 0 Å². The van der Waals surface area contributed by atoms with Gasteiger partial charge in [0.05, 0.1) is 32.5 Å². The van der Waals surface area contributed by atoms with Gasteiger partial charge in [0.25, 0.3) is 0 Å². The molecule has 0 aliphatic carbocycles. The number of ether oxygens (including phenoxy) is 3. The number of pyridine rings is 1. The lowest BCUT2D eigenvalue weighted by molar-refractivity contribution is 0.405. The zero-order chi connectivity index (χ0) is 16.2. The van der Waals surface area contributed by atoms with Gasteiger partial charge in [-0.15, -0.1) is 0 Å². The highest BCUT2D eigenvalue weighted by molar-refractivity contribution is 5.94. The SMILES string of the molecule is COc1ccc(OC)c(Nc2ccnc3cc(OC)ccc23)c1. The molecule has 0 aliphatic rings. The van der Waals surface area contributed by atoms with Crippen LogP contribution in [0, 0.1) is 0 Å². The molecule has 118 valence electrons. The molecule has 0 fully saturated rings. The molecule has 3 rings (SSSR count). The summed E-state index contributed by atoms with van der Waals surface area (Å²) in [6.45, 7) is 0. The van der Waals surface area contributed by atoms with Crippen LogP contribution in [0.2, 0.25) is 0 Å². The summed E-state index contributed by atoms with van der Waals surface area (Å²) in [5.41, 5.74) is 2.62. The Hall–Kier alpha value is -2.95. The number of nitrogens with zero attached hydrogens (tertiary/aromatic N) is 1. The average Bonchev–Trinajstić information content (AvgIpc) is 2.61. The highest BCUT2D eigenvalue weighted by Gasteiger charge is 2.08. The van der Waals surface area contributed by atoms with Gasteiger partial charge in [-0.2, -0.15) is 0 Å². The minimum absolute atomic E-state index is 0.740. The van der Waals surface area contributed by atoms with Crippen molar-refractivity contribution in [2.45, 2.75) is 0 Å². The number of benzene rings is 2. The first-order valence-electron chi connectivity index (χ1n) is 7.17. The topological polar surface area (TPSA) is 52.6 Å². The molecule has 0 unspecified atom stereocenters. The quantitative estimate of drug-likeness (QED) is 0.772. The maximum atomic E-state index is 5.41. The van der Waals surface area contributed by atoms with Crippen molar-refractivity contribution < 1.29 is 14.2 Å². The molecule has 0 atom stereocenters. The van der Waals surface area contributed by atoms with Crippen LogP contribution in [0.5, 0.6) is 17.2 Å². The van der Waals surface area contributed by atoms with Crippen molar-refractivity contribution >= 4 is 22.3 Å². The third-order valence-electron chi connectivity index (χ3n) is 3.63. The van der Waals surface area contributed by atoms with E-state index in [0.717, 1.165) is 39.5 Å². The van der Waals surface area contributed by atoms with Gasteiger partial charge in [-0.05, 0) is 30.3 Å². The Labute approximate surface area is 134 Å². The van der Waals surface area contributed by atoms with E-state index in [1.165, 1.54) is 0 Å². The maximum Gasteiger partial charge on any atom is 0.142 e. The molecule has 0 saturated carbocycles. The molecule has 1 aromatic heterocycles. The summed E-state index contributed by atoms with van der Waals surface area (Å²) in [5.74, 6) is 2.28. The van der Waals surface area contributed by atoms with E-state index in [0.29, 0.717) is 0 Å². The molecule has 0 saturated heterocycles. The van der Waals surface area contributed by atoms with E-state index in [9.17, 15) is 0 Å². The fourth-order valence-electron chi connectivity index (χ4n) is 2.42. The van der Waals surface area contributed by atoms with E-state index >= 15 is 0 Å². The molecule has 0 spiro atoms. The van der Waals surface area contributed by atoms with Gasteiger partial charge in [-0.3, -0.25) is 4.98 Å². The molecule has 1 N–H and O–H groups in total. The molecular formula is C18H18N2O3. The normalized spacial score (nSPS) is 10.4. The second-order valence-corrected chi connectivity index (χ2v) is 4.93. The Morgan fingerprint density at radius 1 is 0.783 bits per heavy atom. The summed E-state index contributed by atoms with van der Waals surface area (Å²) in [7, 11) is 4.92. The molecule has 2 aromatic carbocycles. The maximum absolute atomic E-state index is 5.41. The van der Waals surface area contributed by atoms with Crippen molar-refractivity contribution in [3.05, 3.63) is 48.7 Å². The molecule has 0 radical (unpaired) electrons. The van der Waals surface area contributed by atoms with Crippen LogP contribution in [0.15, 0.2) is 48.7 Å². The highest BCUT2D eigenvalue weighted by Crippen LogP contribution is 2.34. The molecule has 1 heterocycles. The van der Waals surface area contributed by atoms with Crippen molar-refractivity contribution in [1.29, 1.82) is 0 Å². The summed E-state index contributed by atoms with van der Waals surface area (Å²) in [4.78, 5) is 4.39. The number of fused-ring (bicyclic) bond motifs is 1. The lowest BCUT2D eigenvalue weighted by Gasteiger charge is -2.14. The lowest BCUT2D eigenvalue weighted by Crippen LogP contribution is -1.97. The van der Waals surface area contributed by atoms with Crippen LogP contribution < -0.4 is 19.5 Å². The number of rotatable bonds is 5. The van der Waals surface area contributed by atoms with Crippen LogP contribution in [0.4, 0.5) is 11.4 Å². The number of hydrogen-bond donors (Lipinski definition) is 1. The van der Waals surface area contributed by atoms with Gasteiger partial charge < -0.3 is 19.5 Å². The second kappa shape index (κ2) is 6.44. The molecule has 0 bridgehead atoms. The number of hydrogen-bond acceptors (Lipinski definition) is 5. The van der Waals surface area contributed by atoms with Gasteiger partial charge in [0.15, 0.2) is 0 Å². The lowest BCUT2D eigenvalue weighted by atomic mass is 10.1. The van der Waals surface area contributed by atoms with Gasteiger partial charge in [-0.25, -0.2) is 0 Å². The van der Waals surface area contributed by atoms with Gasteiger partial charge in [0, 0.05) is 29.4 Å². The van der Waals surface area contributed by atoms with Crippen LogP contribution in [-0.4, -0.2) is 26.3 Å². The summed E-state index contributed by atoms with van der Waals surface area (Å²) >= 11 is 0. The number of nitrogens with one attached hydrogen (secondary N) is 1. The Bertz CT molecular complexity index is 834. The average molecular weight is 310 g/mol. The summed E-state index contributed by atoms with van der Waals surface area (Å²) in [5, 5.41) is 4.39. The molecule has 5 heteroatoms. The molecule has 5 nitrogen and oxygen atoms in total. The Morgan fingerprint density at radius 2 is 1.52 bits per heavy atom. The zero-order valence-electron chi connectivity index (χ0n) is 13.3. The highest BCUT2D eigenvalue weighted by atomic mass is 16.5. The van der Waals surface area contributed by atoms with E-state index < -0.39 is 0 Å². The van der Waals surface area contributed by atoms with Crippen LogP contribution in [-0.2, 0) is 0 Å². The van der Waals surface area contributed by atoms with Crippen LogP contribution >= 0.6 is 0 Å². The monoisotopic (exact) mass is 310 g/mol. The van der Waals surface area contributed by atoms with Crippen molar-refractivity contribution in [1.82, 2.24) is 4.98 Å². The number of aromatic nitrogens is 1.